The molecule has 0 spiro atoms. The fourth-order valence-electron chi connectivity index (χ4n) is 7.15. The number of rotatable bonds is 21. The standard InChI is InChI=1S/C28H39N5O.2C12H12N2O2.ClH.Os/c1-3-25(27-9-14-29-15-10-27)22-24(2)26-11-19-32(20-12-26)17-6-4-5-8-28(34)31-13-7-18-33-21-16-30-23-33;2*1-15-9-3-5-13-11(7-9)12-8-10(16-2)4-6-14-12;;/h9-12,14-16,19-21,23-25H,3-8,13,17-18,22H2,1-2H3;2*3-8H,1-2H3;1H;/q;;;;+1. The number of carbonyl (C=O) groups excluding carboxylic acids is 1. The topological polar surface area (TPSA) is 152 Å². The van der Waals surface area contributed by atoms with Crippen LogP contribution in [-0.2, 0) is 35.5 Å². The van der Waals surface area contributed by atoms with Crippen molar-refractivity contribution in [3.8, 4) is 45.8 Å². The average molecular weight is 1120 g/mol. The van der Waals surface area contributed by atoms with Crippen LogP contribution in [0.1, 0.15) is 81.8 Å². The molecule has 7 aromatic rings. The minimum absolute atomic E-state index is 0.161. The zero-order chi connectivity index (χ0) is 48.8. The second-order valence-corrected chi connectivity index (χ2v) is 15.5. The van der Waals surface area contributed by atoms with Gasteiger partial charge in [0.25, 0.3) is 0 Å². The third-order valence-electron chi connectivity index (χ3n) is 11.0. The monoisotopic (exact) mass is 1120 g/mol. The van der Waals surface area contributed by atoms with Gasteiger partial charge in [0, 0.05) is 112 Å². The SMILES string of the molecule is CCC(CC(C)c1cc[n+](CCCCCC(=O)NCCCn2ccnc2)cc1)c1ccncc1.COc1ccnc(-c2cc(OC)ccn2)c1.COc1ccnc(-c2cc(OC)ccn2)c1.[Cl][Os]. The van der Waals surface area contributed by atoms with Crippen LogP contribution in [0.5, 0.6) is 23.0 Å². The van der Waals surface area contributed by atoms with E-state index in [1.54, 1.807) is 90.0 Å². The molecule has 0 aliphatic heterocycles. The Morgan fingerprint density at radius 3 is 1.59 bits per heavy atom. The average Bonchev–Trinajstić information content (AvgIpc) is 3.94. The van der Waals surface area contributed by atoms with Crippen LogP contribution < -0.4 is 28.8 Å². The number of nitrogens with one attached hydrogen (secondary N) is 1. The van der Waals surface area contributed by atoms with Gasteiger partial charge in [-0.25, -0.2) is 9.55 Å². The first-order valence-corrected chi connectivity index (χ1v) is 25.7. The summed E-state index contributed by atoms with van der Waals surface area (Å²) in [5, 5.41) is 3.02. The van der Waals surface area contributed by atoms with Crippen molar-refractivity contribution in [1.82, 2.24) is 39.8 Å². The van der Waals surface area contributed by atoms with Crippen LogP contribution in [0.2, 0.25) is 0 Å². The van der Waals surface area contributed by atoms with Crippen LogP contribution in [-0.4, -0.2) is 75.4 Å². The van der Waals surface area contributed by atoms with E-state index in [-0.39, 0.29) is 5.91 Å². The number of amides is 1. The fraction of sp³-hybridized carbons (Fsp3) is 0.346. The van der Waals surface area contributed by atoms with Gasteiger partial charge < -0.3 is 28.8 Å². The summed E-state index contributed by atoms with van der Waals surface area (Å²) in [6.45, 7) is 7.20. The summed E-state index contributed by atoms with van der Waals surface area (Å²) < 4.78 is 24.8. The Labute approximate surface area is 415 Å². The predicted octanol–water partition coefficient (Wildman–Crippen LogP) is 10.0. The molecule has 7 aromatic heterocycles. The minimum atomic E-state index is 0.161. The molecule has 16 heteroatoms. The molecule has 14 nitrogen and oxygen atoms in total. The van der Waals surface area contributed by atoms with Gasteiger partial charge in [-0.05, 0) is 91.5 Å². The number of ether oxygens (including phenoxy) is 4. The summed E-state index contributed by atoms with van der Waals surface area (Å²) in [5.74, 6) is 4.28. The first-order valence-electron chi connectivity index (χ1n) is 22.6. The van der Waals surface area contributed by atoms with Crippen molar-refractivity contribution in [1.29, 1.82) is 0 Å². The van der Waals surface area contributed by atoms with Gasteiger partial charge >= 0.3 is 27.2 Å². The third-order valence-corrected chi connectivity index (χ3v) is 11.0. The molecule has 361 valence electrons. The maximum absolute atomic E-state index is 12.0. The molecule has 1 amide bonds. The molecule has 0 fully saturated rings. The normalized spacial score (nSPS) is 11.2. The fourth-order valence-corrected chi connectivity index (χ4v) is 7.15. The second kappa shape index (κ2) is 31.6. The molecule has 0 aliphatic rings. The van der Waals surface area contributed by atoms with Crippen LogP contribution in [0.3, 0.4) is 0 Å². The Balaban J connectivity index is 0.000000245. The van der Waals surface area contributed by atoms with Gasteiger partial charge in [-0.3, -0.25) is 29.7 Å². The molecule has 0 aliphatic carbocycles. The summed E-state index contributed by atoms with van der Waals surface area (Å²) in [6.07, 6.45) is 27.4. The summed E-state index contributed by atoms with van der Waals surface area (Å²) in [4.78, 5) is 37.1. The maximum atomic E-state index is 12.0. The molecule has 7 heterocycles. The summed E-state index contributed by atoms with van der Waals surface area (Å²) in [7, 11) is 11.2. The van der Waals surface area contributed by atoms with Crippen LogP contribution in [0.15, 0.2) is 141 Å². The van der Waals surface area contributed by atoms with Gasteiger partial charge in [-0.2, -0.15) is 0 Å². The zero-order valence-corrected chi connectivity index (χ0v) is 43.2. The molecule has 1 N–H and O–H groups in total. The van der Waals surface area contributed by atoms with E-state index in [1.807, 2.05) is 47.4 Å². The van der Waals surface area contributed by atoms with Crippen molar-refractivity contribution in [2.75, 3.05) is 35.0 Å². The number of pyridine rings is 6. The number of hydrogen-bond acceptors (Lipinski definition) is 11. The van der Waals surface area contributed by atoms with E-state index in [4.69, 9.17) is 18.9 Å². The predicted molar refractivity (Wildman–Crippen MR) is 262 cm³/mol. The summed E-state index contributed by atoms with van der Waals surface area (Å²) in [5.41, 5.74) is 5.83. The quantitative estimate of drug-likeness (QED) is 0.0541. The molecule has 0 saturated heterocycles. The second-order valence-electron chi connectivity index (χ2n) is 15.5. The van der Waals surface area contributed by atoms with E-state index in [0.717, 1.165) is 104 Å². The Morgan fingerprint density at radius 1 is 0.647 bits per heavy atom. The van der Waals surface area contributed by atoms with Crippen LogP contribution in [0, 0.1) is 0 Å². The van der Waals surface area contributed by atoms with Crippen LogP contribution >= 0.6 is 9.64 Å². The zero-order valence-electron chi connectivity index (χ0n) is 39.9. The number of halogens is 1. The first kappa shape index (κ1) is 54.3. The first-order chi connectivity index (χ1) is 33.3. The van der Waals surface area contributed by atoms with Crippen molar-refractivity contribution in [3.63, 3.8) is 0 Å². The molecule has 0 radical (unpaired) electrons. The number of aryl methyl sites for hydroxylation is 2. The molecule has 0 saturated carbocycles. The van der Waals surface area contributed by atoms with Gasteiger partial charge in [0.1, 0.15) is 29.5 Å². The number of carbonyl (C=O) groups is 1. The number of imidazole rings is 1. The van der Waals surface area contributed by atoms with Gasteiger partial charge in [-0.1, -0.05) is 13.8 Å². The Hall–Kier alpha value is -6.29. The van der Waals surface area contributed by atoms with E-state index < -0.39 is 0 Å². The Morgan fingerprint density at radius 2 is 1.15 bits per heavy atom. The molecular weight excluding hydrogens is 1060 g/mol. The van der Waals surface area contributed by atoms with Gasteiger partial charge in [0.05, 0.1) is 57.5 Å². The number of hydrogen-bond donors (Lipinski definition) is 1. The number of unbranched alkanes of at least 4 members (excludes halogenated alkanes) is 2. The van der Waals surface area contributed by atoms with E-state index in [9.17, 15) is 4.79 Å². The Bertz CT molecular complexity index is 2270. The summed E-state index contributed by atoms with van der Waals surface area (Å²) in [6, 6.07) is 23.3. The summed E-state index contributed by atoms with van der Waals surface area (Å²) >= 11 is 1.33. The Kier molecular flexibility index (Phi) is 25.3. The van der Waals surface area contributed by atoms with Crippen molar-refractivity contribution in [2.45, 2.75) is 83.7 Å². The van der Waals surface area contributed by atoms with Crippen molar-refractivity contribution in [2.24, 2.45) is 0 Å². The van der Waals surface area contributed by atoms with E-state index >= 15 is 0 Å². The van der Waals surface area contributed by atoms with E-state index in [2.05, 4.69) is 99.9 Å². The van der Waals surface area contributed by atoms with E-state index in [0.29, 0.717) is 18.3 Å². The molecule has 68 heavy (non-hydrogen) atoms. The number of aromatic nitrogens is 8. The molecular formula is C52H64ClN9O5Os+. The molecule has 2 atom stereocenters. The van der Waals surface area contributed by atoms with Gasteiger partial charge in [-0.15, -0.1) is 0 Å². The molecule has 2 unspecified atom stereocenters. The van der Waals surface area contributed by atoms with E-state index in [1.165, 1.54) is 28.7 Å². The number of methoxy groups -OCH3 is 4. The van der Waals surface area contributed by atoms with Crippen LogP contribution in [0.25, 0.3) is 22.8 Å². The van der Waals surface area contributed by atoms with Crippen molar-refractivity contribution < 1.29 is 45.9 Å². The van der Waals surface area contributed by atoms with Crippen LogP contribution in [0.4, 0.5) is 0 Å². The van der Waals surface area contributed by atoms with Gasteiger partial charge in [0.2, 0.25) is 5.91 Å². The van der Waals surface area contributed by atoms with Crippen molar-refractivity contribution >= 4 is 15.5 Å². The molecule has 7 rings (SSSR count). The van der Waals surface area contributed by atoms with Crippen molar-refractivity contribution in [3.05, 3.63) is 152 Å². The number of nitrogens with zero attached hydrogens (tertiary/aromatic N) is 8. The van der Waals surface area contributed by atoms with Gasteiger partial charge in [0.15, 0.2) is 12.4 Å². The third kappa shape index (κ3) is 19.1. The molecule has 0 bridgehead atoms. The molecule has 0 aromatic carbocycles.